The zero-order chi connectivity index (χ0) is 17.2. The molecular formula is C20H19N3O2. The molecule has 4 rings (SSSR count). The maximum absolute atomic E-state index is 12.5. The molecule has 0 saturated carbocycles. The molecule has 1 unspecified atom stereocenters. The first-order valence-corrected chi connectivity index (χ1v) is 8.41. The first-order chi connectivity index (χ1) is 12.2. The van der Waals surface area contributed by atoms with Crippen LogP contribution < -0.4 is 5.32 Å². The number of H-pyrrole nitrogens is 1. The van der Waals surface area contributed by atoms with Gasteiger partial charge in [0.2, 0.25) is 0 Å². The van der Waals surface area contributed by atoms with Crippen LogP contribution in [0.1, 0.15) is 28.0 Å². The highest BCUT2D eigenvalue weighted by Gasteiger charge is 2.21. The van der Waals surface area contributed by atoms with Crippen molar-refractivity contribution in [2.45, 2.75) is 25.3 Å². The quantitative estimate of drug-likeness (QED) is 0.689. The van der Waals surface area contributed by atoms with Crippen LogP contribution in [0.5, 0.6) is 5.75 Å². The van der Waals surface area contributed by atoms with E-state index in [9.17, 15) is 9.90 Å². The van der Waals surface area contributed by atoms with Crippen molar-refractivity contribution in [2.75, 3.05) is 0 Å². The Labute approximate surface area is 145 Å². The van der Waals surface area contributed by atoms with Crippen molar-refractivity contribution in [3.8, 4) is 17.0 Å². The third-order valence-electron chi connectivity index (χ3n) is 4.67. The largest absolute Gasteiger partial charge is 0.508 e. The van der Waals surface area contributed by atoms with Gasteiger partial charge in [-0.05, 0) is 60.7 Å². The predicted octanol–water partition coefficient (Wildman–Crippen LogP) is 3.07. The predicted molar refractivity (Wildman–Crippen MR) is 95.4 cm³/mol. The summed E-state index contributed by atoms with van der Waals surface area (Å²) in [5.74, 6) is 0.0664. The number of phenolic OH excluding ortho intramolecular Hbond substituents is 1. The fraction of sp³-hybridized carbons (Fsp3) is 0.200. The van der Waals surface area contributed by atoms with E-state index < -0.39 is 0 Å². The number of carbonyl (C=O) groups excluding carboxylic acids is 1. The average Bonchev–Trinajstić information content (AvgIpc) is 3.12. The van der Waals surface area contributed by atoms with Crippen LogP contribution in [-0.2, 0) is 12.8 Å². The summed E-state index contributed by atoms with van der Waals surface area (Å²) < 4.78 is 0. The van der Waals surface area contributed by atoms with E-state index in [0.717, 1.165) is 24.8 Å². The van der Waals surface area contributed by atoms with Gasteiger partial charge < -0.3 is 10.4 Å². The molecule has 0 bridgehead atoms. The van der Waals surface area contributed by atoms with Crippen LogP contribution in [0.2, 0.25) is 0 Å². The summed E-state index contributed by atoms with van der Waals surface area (Å²) in [6, 6.07) is 17.0. The molecule has 0 saturated heterocycles. The van der Waals surface area contributed by atoms with Gasteiger partial charge in [-0.2, -0.15) is 5.10 Å². The van der Waals surface area contributed by atoms with E-state index in [1.54, 1.807) is 30.3 Å². The lowest BCUT2D eigenvalue weighted by atomic mass is 9.88. The Balaban J connectivity index is 1.45. The number of aromatic amines is 1. The second-order valence-electron chi connectivity index (χ2n) is 6.40. The molecular weight excluding hydrogens is 314 g/mol. The number of aromatic hydroxyl groups is 1. The molecule has 0 spiro atoms. The third kappa shape index (κ3) is 3.26. The van der Waals surface area contributed by atoms with Crippen LogP contribution in [0.15, 0.2) is 54.6 Å². The summed E-state index contributed by atoms with van der Waals surface area (Å²) in [4.78, 5) is 12.5. The molecule has 25 heavy (non-hydrogen) atoms. The first-order valence-electron chi connectivity index (χ1n) is 8.41. The Morgan fingerprint density at radius 3 is 2.68 bits per heavy atom. The molecule has 0 aliphatic heterocycles. The minimum Gasteiger partial charge on any atom is -0.508 e. The van der Waals surface area contributed by atoms with Gasteiger partial charge >= 0.3 is 0 Å². The van der Waals surface area contributed by atoms with E-state index in [0.29, 0.717) is 11.4 Å². The molecule has 3 aromatic rings. The molecule has 0 fully saturated rings. The molecule has 1 heterocycles. The molecule has 1 aromatic heterocycles. The minimum atomic E-state index is -0.137. The highest BCUT2D eigenvalue weighted by molar-refractivity contribution is 5.93. The number of fused-ring (bicyclic) bond motifs is 1. The number of rotatable bonds is 3. The van der Waals surface area contributed by atoms with Crippen LogP contribution in [0.25, 0.3) is 11.3 Å². The number of nitrogens with one attached hydrogen (secondary N) is 2. The maximum Gasteiger partial charge on any atom is 0.269 e. The topological polar surface area (TPSA) is 78.0 Å². The molecule has 1 aliphatic carbocycles. The Hall–Kier alpha value is -3.08. The number of aryl methyl sites for hydroxylation is 1. The zero-order valence-corrected chi connectivity index (χ0v) is 13.7. The summed E-state index contributed by atoms with van der Waals surface area (Å²) in [7, 11) is 0. The molecule has 3 N–H and O–H groups in total. The van der Waals surface area contributed by atoms with E-state index in [4.69, 9.17) is 0 Å². The number of nitrogens with zero attached hydrogens (tertiary/aromatic N) is 1. The number of benzene rings is 2. The first kappa shape index (κ1) is 15.4. The number of amides is 1. The van der Waals surface area contributed by atoms with Crippen molar-refractivity contribution < 1.29 is 9.90 Å². The summed E-state index contributed by atoms with van der Waals surface area (Å²) in [6.45, 7) is 0. The van der Waals surface area contributed by atoms with E-state index in [2.05, 4.69) is 33.7 Å². The van der Waals surface area contributed by atoms with Crippen LogP contribution in [-0.4, -0.2) is 27.3 Å². The van der Waals surface area contributed by atoms with Crippen molar-refractivity contribution in [1.29, 1.82) is 0 Å². The van der Waals surface area contributed by atoms with Crippen molar-refractivity contribution >= 4 is 5.91 Å². The van der Waals surface area contributed by atoms with Crippen molar-refractivity contribution in [3.63, 3.8) is 0 Å². The molecule has 5 heteroatoms. The smallest absolute Gasteiger partial charge is 0.269 e. The van der Waals surface area contributed by atoms with Crippen molar-refractivity contribution in [2.24, 2.45) is 0 Å². The van der Waals surface area contributed by atoms with Crippen LogP contribution in [0.3, 0.4) is 0 Å². The van der Waals surface area contributed by atoms with E-state index in [1.807, 2.05) is 6.07 Å². The Bertz CT molecular complexity index is 899. The van der Waals surface area contributed by atoms with Gasteiger partial charge in [-0.15, -0.1) is 0 Å². The number of carbonyl (C=O) groups is 1. The second kappa shape index (κ2) is 6.43. The lowest BCUT2D eigenvalue weighted by Crippen LogP contribution is -2.39. The van der Waals surface area contributed by atoms with E-state index in [-0.39, 0.29) is 17.7 Å². The summed E-state index contributed by atoms with van der Waals surface area (Å²) in [5.41, 5.74) is 4.67. The van der Waals surface area contributed by atoms with Gasteiger partial charge in [-0.25, -0.2) is 0 Å². The monoisotopic (exact) mass is 333 g/mol. The summed E-state index contributed by atoms with van der Waals surface area (Å²) in [5, 5.41) is 19.5. The van der Waals surface area contributed by atoms with Crippen LogP contribution in [0.4, 0.5) is 0 Å². The molecule has 2 aromatic carbocycles. The molecule has 0 radical (unpaired) electrons. The van der Waals surface area contributed by atoms with Gasteiger partial charge in [0.1, 0.15) is 11.4 Å². The summed E-state index contributed by atoms with van der Waals surface area (Å²) in [6.07, 6.45) is 2.80. The van der Waals surface area contributed by atoms with Gasteiger partial charge in [0.25, 0.3) is 5.91 Å². The SMILES string of the molecule is O=C(NC1CCc2ccccc2C1)c1cc(-c2ccc(O)cc2)n[nH]1. The molecule has 5 nitrogen and oxygen atoms in total. The maximum atomic E-state index is 12.5. The highest BCUT2D eigenvalue weighted by atomic mass is 16.3. The second-order valence-corrected chi connectivity index (χ2v) is 6.40. The van der Waals surface area contributed by atoms with E-state index in [1.165, 1.54) is 11.1 Å². The van der Waals surface area contributed by atoms with E-state index >= 15 is 0 Å². The van der Waals surface area contributed by atoms with Crippen LogP contribution in [0, 0.1) is 0 Å². The lowest BCUT2D eigenvalue weighted by molar-refractivity contribution is 0.0928. The Morgan fingerprint density at radius 1 is 1.12 bits per heavy atom. The minimum absolute atomic E-state index is 0.137. The molecule has 126 valence electrons. The Kier molecular flexibility index (Phi) is 3.98. The number of hydrogen-bond acceptors (Lipinski definition) is 3. The van der Waals surface area contributed by atoms with Crippen LogP contribution >= 0.6 is 0 Å². The van der Waals surface area contributed by atoms with Gasteiger partial charge in [0, 0.05) is 11.6 Å². The highest BCUT2D eigenvalue weighted by Crippen LogP contribution is 2.22. The van der Waals surface area contributed by atoms with Gasteiger partial charge in [0.05, 0.1) is 5.69 Å². The zero-order valence-electron chi connectivity index (χ0n) is 13.7. The standard InChI is InChI=1S/C20H19N3O2/c24-17-9-6-14(7-10-17)18-12-19(23-22-18)20(25)21-16-8-5-13-3-1-2-4-15(13)11-16/h1-4,6-7,9-10,12,16,24H,5,8,11H2,(H,21,25)(H,22,23). The summed E-state index contributed by atoms with van der Waals surface area (Å²) >= 11 is 0. The fourth-order valence-electron chi connectivity index (χ4n) is 3.30. The van der Waals surface area contributed by atoms with Gasteiger partial charge in [0.15, 0.2) is 0 Å². The lowest BCUT2D eigenvalue weighted by Gasteiger charge is -2.25. The average molecular weight is 333 g/mol. The van der Waals surface area contributed by atoms with Crippen molar-refractivity contribution in [1.82, 2.24) is 15.5 Å². The normalized spacial score (nSPS) is 16.2. The number of phenols is 1. The van der Waals surface area contributed by atoms with Gasteiger partial charge in [-0.3, -0.25) is 9.89 Å². The fourth-order valence-corrected chi connectivity index (χ4v) is 3.30. The molecule has 1 amide bonds. The third-order valence-corrected chi connectivity index (χ3v) is 4.67. The number of aromatic nitrogens is 2. The number of hydrogen-bond donors (Lipinski definition) is 3. The molecule has 1 aliphatic rings. The van der Waals surface area contributed by atoms with Gasteiger partial charge in [-0.1, -0.05) is 24.3 Å². The Morgan fingerprint density at radius 2 is 1.88 bits per heavy atom. The van der Waals surface area contributed by atoms with Crippen molar-refractivity contribution in [3.05, 3.63) is 71.4 Å². The molecule has 1 atom stereocenters.